The van der Waals surface area contributed by atoms with Crippen LogP contribution in [-0.4, -0.2) is 30.4 Å². The minimum absolute atomic E-state index is 0.0479. The van der Waals surface area contributed by atoms with Gasteiger partial charge in [-0.25, -0.2) is 13.2 Å². The molecule has 3 aromatic rings. The summed E-state index contributed by atoms with van der Waals surface area (Å²) in [6.07, 6.45) is 1.89. The number of ether oxygens (including phenoxy) is 1. The Morgan fingerprint density at radius 2 is 1.46 bits per heavy atom. The Bertz CT molecular complexity index is 1330. The molecule has 3 aromatic carbocycles. The molecule has 7 heteroatoms. The van der Waals surface area contributed by atoms with Crippen LogP contribution in [0, 0.1) is 13.8 Å². The summed E-state index contributed by atoms with van der Waals surface area (Å²) in [7, 11) is -4.07. The van der Waals surface area contributed by atoms with Crippen LogP contribution in [0.25, 0.3) is 0 Å². The first-order chi connectivity index (χ1) is 16.7. The molecule has 6 nitrogen and oxygen atoms in total. The van der Waals surface area contributed by atoms with Gasteiger partial charge in [0.05, 0.1) is 29.2 Å². The predicted octanol–water partition coefficient (Wildman–Crippen LogP) is 5.59. The number of aliphatic carboxylic acids is 1. The van der Waals surface area contributed by atoms with Crippen molar-refractivity contribution in [1.29, 1.82) is 0 Å². The van der Waals surface area contributed by atoms with Crippen LogP contribution in [0.2, 0.25) is 0 Å². The highest BCUT2D eigenvalue weighted by molar-refractivity contribution is 7.89. The van der Waals surface area contributed by atoms with Gasteiger partial charge in [-0.3, -0.25) is 0 Å². The summed E-state index contributed by atoms with van der Waals surface area (Å²) in [6.45, 7) is 6.24. The number of hydrogen-bond donors (Lipinski definition) is 1. The zero-order valence-corrected chi connectivity index (χ0v) is 20.8. The van der Waals surface area contributed by atoms with Crippen LogP contribution in [0.1, 0.15) is 47.7 Å². The van der Waals surface area contributed by atoms with Crippen LogP contribution < -0.4 is 4.74 Å². The van der Waals surface area contributed by atoms with Gasteiger partial charge in [0.1, 0.15) is 5.75 Å². The zero-order chi connectivity index (χ0) is 25.2. The highest BCUT2D eigenvalue weighted by Gasteiger charge is 2.44. The first-order valence-corrected chi connectivity index (χ1v) is 13.0. The molecule has 0 bridgehead atoms. The smallest absolute Gasteiger partial charge is 0.333 e. The molecule has 0 fully saturated rings. The van der Waals surface area contributed by atoms with Crippen LogP contribution in [-0.2, 0) is 14.8 Å². The predicted molar refractivity (Wildman–Crippen MR) is 135 cm³/mol. The average Bonchev–Trinajstić information content (AvgIpc) is 2.84. The molecule has 0 saturated carbocycles. The van der Waals surface area contributed by atoms with Crippen LogP contribution in [0.5, 0.6) is 5.75 Å². The summed E-state index contributed by atoms with van der Waals surface area (Å²) in [5.41, 5.74) is 3.36. The van der Waals surface area contributed by atoms with E-state index in [1.54, 1.807) is 42.5 Å². The van der Waals surface area contributed by atoms with E-state index in [4.69, 9.17) is 4.74 Å². The Hall–Kier alpha value is -3.42. The maximum Gasteiger partial charge on any atom is 0.333 e. The van der Waals surface area contributed by atoms with Crippen LogP contribution in [0.3, 0.4) is 0 Å². The van der Waals surface area contributed by atoms with Crippen LogP contribution in [0.4, 0.5) is 0 Å². The number of carboxylic acid groups (broad SMARTS) is 1. The molecular weight excluding hydrogens is 462 g/mol. The molecule has 35 heavy (non-hydrogen) atoms. The van der Waals surface area contributed by atoms with Gasteiger partial charge in [-0.2, -0.15) is 4.31 Å². The number of carbonyl (C=O) groups is 1. The molecule has 182 valence electrons. The summed E-state index contributed by atoms with van der Waals surface area (Å²) in [5.74, 6) is -0.443. The summed E-state index contributed by atoms with van der Waals surface area (Å²) in [5, 5.41) is 10.1. The Labute approximate surface area is 206 Å². The SMILES string of the molecule is CCOc1ccc([C@@H]2CC=C(C(=O)O)[C@H](c3ccc(C)cc3)N2S(=O)(=O)c2ccc(C)cc2)cc1. The van der Waals surface area contributed by atoms with Gasteiger partial charge in [0.2, 0.25) is 10.0 Å². The molecule has 0 amide bonds. The second-order valence-corrected chi connectivity index (χ2v) is 10.5. The summed E-state index contributed by atoms with van der Waals surface area (Å²) in [6, 6.07) is 19.7. The molecule has 0 saturated heterocycles. The van der Waals surface area contributed by atoms with Gasteiger partial charge in [0.15, 0.2) is 0 Å². The van der Waals surface area contributed by atoms with Crippen molar-refractivity contribution in [3.05, 3.63) is 107 Å². The van der Waals surface area contributed by atoms with E-state index in [0.29, 0.717) is 17.9 Å². The lowest BCUT2D eigenvalue weighted by Crippen LogP contribution is -2.42. The number of hydrogen-bond acceptors (Lipinski definition) is 4. The molecule has 0 aliphatic carbocycles. The van der Waals surface area contributed by atoms with Crippen LogP contribution >= 0.6 is 0 Å². The molecule has 0 unspecified atom stereocenters. The van der Waals surface area contributed by atoms with E-state index in [1.807, 2.05) is 57.2 Å². The lowest BCUT2D eigenvalue weighted by atomic mass is 9.89. The zero-order valence-electron chi connectivity index (χ0n) is 20.0. The van der Waals surface area contributed by atoms with Gasteiger partial charge in [0, 0.05) is 0 Å². The van der Waals surface area contributed by atoms with Crippen molar-refractivity contribution >= 4 is 16.0 Å². The van der Waals surface area contributed by atoms with Crippen molar-refractivity contribution in [3.8, 4) is 5.75 Å². The van der Waals surface area contributed by atoms with Crippen LogP contribution in [0.15, 0.2) is 89.3 Å². The molecule has 1 heterocycles. The van der Waals surface area contributed by atoms with Gasteiger partial charge in [0.25, 0.3) is 0 Å². The van der Waals surface area contributed by atoms with Crippen molar-refractivity contribution in [2.45, 2.75) is 44.2 Å². The summed E-state index contributed by atoms with van der Waals surface area (Å²) >= 11 is 0. The monoisotopic (exact) mass is 491 g/mol. The largest absolute Gasteiger partial charge is 0.494 e. The first kappa shape index (κ1) is 24.7. The van der Waals surface area contributed by atoms with Crippen molar-refractivity contribution in [3.63, 3.8) is 0 Å². The highest BCUT2D eigenvalue weighted by Crippen LogP contribution is 2.45. The van der Waals surface area contributed by atoms with Gasteiger partial charge >= 0.3 is 5.97 Å². The quantitative estimate of drug-likeness (QED) is 0.466. The average molecular weight is 492 g/mol. The maximum atomic E-state index is 14.2. The van der Waals surface area contributed by atoms with E-state index in [1.165, 1.54) is 4.31 Å². The van der Waals surface area contributed by atoms with E-state index in [0.717, 1.165) is 16.7 Å². The fourth-order valence-corrected chi connectivity index (χ4v) is 6.20. The molecule has 0 aromatic heterocycles. The number of sulfonamides is 1. The molecule has 2 atom stereocenters. The van der Waals surface area contributed by atoms with Gasteiger partial charge in [-0.15, -0.1) is 0 Å². The number of aryl methyl sites for hydroxylation is 2. The molecule has 0 spiro atoms. The van der Waals surface area contributed by atoms with Crippen molar-refractivity contribution in [2.75, 3.05) is 6.61 Å². The normalized spacial score (nSPS) is 18.7. The van der Waals surface area contributed by atoms with Gasteiger partial charge in [-0.05, 0) is 62.6 Å². The topological polar surface area (TPSA) is 83.9 Å². The number of benzene rings is 3. The summed E-state index contributed by atoms with van der Waals surface area (Å²) in [4.78, 5) is 12.4. The Kier molecular flexibility index (Phi) is 7.10. The maximum absolute atomic E-state index is 14.2. The fraction of sp³-hybridized carbons (Fsp3) is 0.250. The van der Waals surface area contributed by atoms with Crippen molar-refractivity contribution < 1.29 is 23.1 Å². The third-order valence-electron chi connectivity index (χ3n) is 6.23. The Balaban J connectivity index is 1.92. The lowest BCUT2D eigenvalue weighted by molar-refractivity contribution is -0.133. The third kappa shape index (κ3) is 5.01. The Morgan fingerprint density at radius 1 is 0.914 bits per heavy atom. The minimum atomic E-state index is -4.07. The van der Waals surface area contributed by atoms with E-state index >= 15 is 0 Å². The van der Waals surface area contributed by atoms with Crippen molar-refractivity contribution in [2.24, 2.45) is 0 Å². The summed E-state index contributed by atoms with van der Waals surface area (Å²) < 4.78 is 35.2. The number of rotatable bonds is 7. The molecule has 1 aliphatic rings. The van der Waals surface area contributed by atoms with Crippen molar-refractivity contribution in [1.82, 2.24) is 4.31 Å². The van der Waals surface area contributed by atoms with E-state index in [-0.39, 0.29) is 16.9 Å². The second kappa shape index (κ2) is 10.1. The molecular formula is C28H29NO5S. The molecule has 4 rings (SSSR count). The lowest BCUT2D eigenvalue weighted by Gasteiger charge is -2.40. The number of nitrogens with zero attached hydrogens (tertiary/aromatic N) is 1. The van der Waals surface area contributed by atoms with Gasteiger partial charge in [-0.1, -0.05) is 65.7 Å². The van der Waals surface area contributed by atoms with E-state index < -0.39 is 28.1 Å². The third-order valence-corrected chi connectivity index (χ3v) is 8.12. The van der Waals surface area contributed by atoms with Gasteiger partial charge < -0.3 is 9.84 Å². The van der Waals surface area contributed by atoms with E-state index in [2.05, 4.69) is 0 Å². The first-order valence-electron chi connectivity index (χ1n) is 11.5. The number of carboxylic acids is 1. The molecule has 1 N–H and O–H groups in total. The Morgan fingerprint density at radius 3 is 2.00 bits per heavy atom. The molecule has 0 radical (unpaired) electrons. The minimum Gasteiger partial charge on any atom is -0.494 e. The van der Waals surface area contributed by atoms with E-state index in [9.17, 15) is 18.3 Å². The standard InChI is InChI=1S/C28H29NO5S/c1-4-34-23-13-11-21(12-14-23)26-18-17-25(28(30)31)27(22-9-5-19(2)6-10-22)29(26)35(32,33)24-15-7-20(3)8-16-24/h5-17,26-27H,4,18H2,1-3H3,(H,30,31)/t26-,27-/m0/s1. The molecule has 1 aliphatic heterocycles. The fourth-order valence-electron chi connectivity index (χ4n) is 4.42. The highest BCUT2D eigenvalue weighted by atomic mass is 32.2. The second-order valence-electron chi connectivity index (χ2n) is 8.68.